The number of benzene rings is 1. The molecule has 1 aromatic rings. The monoisotopic (exact) mass is 373 g/mol. The summed E-state index contributed by atoms with van der Waals surface area (Å²) < 4.78 is 5.16. The Bertz CT molecular complexity index is 618. The number of carbonyl (C=O) groups is 2. The summed E-state index contributed by atoms with van der Waals surface area (Å²) in [4.78, 5) is 31.0. The lowest BCUT2D eigenvalue weighted by Gasteiger charge is -2.36. The minimum Gasteiger partial charge on any atom is -0.497 e. The number of rotatable bonds is 6. The Morgan fingerprint density at radius 3 is 2.11 bits per heavy atom. The molecule has 27 heavy (non-hydrogen) atoms. The van der Waals surface area contributed by atoms with Crippen molar-refractivity contribution in [3.63, 3.8) is 0 Å². The van der Waals surface area contributed by atoms with E-state index in [4.69, 9.17) is 4.74 Å². The minimum absolute atomic E-state index is 0.202. The van der Waals surface area contributed by atoms with Crippen molar-refractivity contribution in [2.45, 2.75) is 32.1 Å². The molecule has 6 heteroatoms. The van der Waals surface area contributed by atoms with Crippen LogP contribution in [0.25, 0.3) is 0 Å². The highest BCUT2D eigenvalue weighted by molar-refractivity contribution is 5.78. The summed E-state index contributed by atoms with van der Waals surface area (Å²) in [5.41, 5.74) is 1.15. The summed E-state index contributed by atoms with van der Waals surface area (Å²) in [6, 6.07) is 7.88. The molecule has 2 aliphatic heterocycles. The summed E-state index contributed by atoms with van der Waals surface area (Å²) in [7, 11) is 1.65. The number of methoxy groups -OCH3 is 1. The van der Waals surface area contributed by atoms with E-state index in [1.165, 1.54) is 6.42 Å². The van der Waals surface area contributed by atoms with E-state index in [0.717, 1.165) is 56.8 Å². The molecule has 0 spiro atoms. The van der Waals surface area contributed by atoms with Gasteiger partial charge < -0.3 is 14.5 Å². The fraction of sp³-hybridized carbons (Fsp3) is 0.619. The Morgan fingerprint density at radius 2 is 1.48 bits per heavy atom. The smallest absolute Gasteiger partial charge is 0.236 e. The number of aryl methyl sites for hydroxylation is 1. The second-order valence-electron chi connectivity index (χ2n) is 7.45. The number of piperazine rings is 1. The Kier molecular flexibility index (Phi) is 7.10. The Labute approximate surface area is 162 Å². The van der Waals surface area contributed by atoms with Gasteiger partial charge in [-0.15, -0.1) is 0 Å². The lowest BCUT2D eigenvalue weighted by molar-refractivity contribution is -0.135. The first kappa shape index (κ1) is 19.7. The van der Waals surface area contributed by atoms with E-state index in [-0.39, 0.29) is 11.8 Å². The third-order valence-corrected chi connectivity index (χ3v) is 5.58. The van der Waals surface area contributed by atoms with E-state index in [9.17, 15) is 9.59 Å². The van der Waals surface area contributed by atoms with Crippen molar-refractivity contribution in [3.8, 4) is 5.75 Å². The first-order valence-corrected chi connectivity index (χ1v) is 10.1. The van der Waals surface area contributed by atoms with Gasteiger partial charge in [0, 0.05) is 45.7 Å². The summed E-state index contributed by atoms with van der Waals surface area (Å²) in [5.74, 6) is 1.28. The van der Waals surface area contributed by atoms with Gasteiger partial charge in [-0.05, 0) is 43.4 Å². The molecule has 2 fully saturated rings. The number of amides is 2. The van der Waals surface area contributed by atoms with Gasteiger partial charge in [0.15, 0.2) is 0 Å². The quantitative estimate of drug-likeness (QED) is 0.763. The zero-order valence-corrected chi connectivity index (χ0v) is 16.4. The van der Waals surface area contributed by atoms with Crippen LogP contribution in [0, 0.1) is 0 Å². The van der Waals surface area contributed by atoms with Crippen LogP contribution >= 0.6 is 0 Å². The van der Waals surface area contributed by atoms with Crippen LogP contribution < -0.4 is 4.74 Å². The number of nitrogens with zero attached hydrogens (tertiary/aromatic N) is 3. The van der Waals surface area contributed by atoms with Gasteiger partial charge in [-0.25, -0.2) is 0 Å². The van der Waals surface area contributed by atoms with Crippen LogP contribution in [0.4, 0.5) is 0 Å². The first-order chi connectivity index (χ1) is 13.2. The van der Waals surface area contributed by atoms with E-state index in [1.54, 1.807) is 7.11 Å². The second-order valence-corrected chi connectivity index (χ2v) is 7.45. The van der Waals surface area contributed by atoms with Gasteiger partial charge in [-0.3, -0.25) is 14.5 Å². The van der Waals surface area contributed by atoms with Crippen LogP contribution in [0.3, 0.4) is 0 Å². The van der Waals surface area contributed by atoms with Crippen LogP contribution in [0.15, 0.2) is 24.3 Å². The topological polar surface area (TPSA) is 53.1 Å². The van der Waals surface area contributed by atoms with Gasteiger partial charge in [0.1, 0.15) is 5.75 Å². The molecule has 1 aromatic carbocycles. The number of likely N-dealkylation sites (tertiary alicyclic amines) is 1. The Hall–Kier alpha value is -2.08. The molecule has 2 saturated heterocycles. The number of piperidine rings is 1. The predicted molar refractivity (Wildman–Crippen MR) is 105 cm³/mol. The average Bonchev–Trinajstić information content (AvgIpc) is 2.73. The zero-order chi connectivity index (χ0) is 19.1. The third kappa shape index (κ3) is 5.70. The molecule has 0 radical (unpaired) electrons. The van der Waals surface area contributed by atoms with Gasteiger partial charge in [0.05, 0.1) is 13.7 Å². The third-order valence-electron chi connectivity index (χ3n) is 5.58. The molecule has 2 aliphatic rings. The summed E-state index contributed by atoms with van der Waals surface area (Å²) in [5, 5.41) is 0. The second kappa shape index (κ2) is 9.74. The normalized spacial score (nSPS) is 18.4. The van der Waals surface area contributed by atoms with E-state index < -0.39 is 0 Å². The maximum absolute atomic E-state index is 12.5. The molecule has 6 nitrogen and oxygen atoms in total. The zero-order valence-electron chi connectivity index (χ0n) is 16.4. The van der Waals surface area contributed by atoms with Crippen molar-refractivity contribution in [2.75, 3.05) is 52.9 Å². The predicted octanol–water partition coefficient (Wildman–Crippen LogP) is 1.78. The number of hydrogen-bond donors (Lipinski definition) is 0. The molecular formula is C21H31N3O3. The highest BCUT2D eigenvalue weighted by Gasteiger charge is 2.24. The molecular weight excluding hydrogens is 342 g/mol. The maximum Gasteiger partial charge on any atom is 0.236 e. The van der Waals surface area contributed by atoms with Gasteiger partial charge in [-0.2, -0.15) is 0 Å². The van der Waals surface area contributed by atoms with Gasteiger partial charge in [0.25, 0.3) is 0 Å². The molecule has 0 aliphatic carbocycles. The van der Waals surface area contributed by atoms with Crippen molar-refractivity contribution in [1.29, 1.82) is 0 Å². The van der Waals surface area contributed by atoms with E-state index in [1.807, 2.05) is 34.1 Å². The lowest BCUT2D eigenvalue weighted by Crippen LogP contribution is -2.52. The first-order valence-electron chi connectivity index (χ1n) is 10.1. The van der Waals surface area contributed by atoms with Gasteiger partial charge in [-0.1, -0.05) is 12.1 Å². The summed E-state index contributed by atoms with van der Waals surface area (Å²) >= 11 is 0. The Morgan fingerprint density at radius 1 is 0.852 bits per heavy atom. The number of hydrogen-bond acceptors (Lipinski definition) is 4. The molecule has 2 heterocycles. The van der Waals surface area contributed by atoms with Gasteiger partial charge in [0.2, 0.25) is 11.8 Å². The molecule has 0 atom stereocenters. The standard InChI is InChI=1S/C21H31N3O3/c1-27-19-8-5-18(6-9-19)7-10-20(25)24-15-13-22(14-16-24)17-21(26)23-11-3-2-4-12-23/h5-6,8-9H,2-4,7,10-17H2,1H3. The van der Waals surface area contributed by atoms with E-state index in [0.29, 0.717) is 26.1 Å². The highest BCUT2D eigenvalue weighted by Crippen LogP contribution is 2.14. The van der Waals surface area contributed by atoms with E-state index >= 15 is 0 Å². The molecule has 3 rings (SSSR count). The van der Waals surface area contributed by atoms with Gasteiger partial charge >= 0.3 is 0 Å². The molecule has 0 N–H and O–H groups in total. The highest BCUT2D eigenvalue weighted by atomic mass is 16.5. The number of carbonyl (C=O) groups excluding carboxylic acids is 2. The minimum atomic E-state index is 0.202. The van der Waals surface area contributed by atoms with Crippen LogP contribution in [0.2, 0.25) is 0 Å². The molecule has 2 amide bonds. The van der Waals surface area contributed by atoms with Crippen molar-refractivity contribution >= 4 is 11.8 Å². The van der Waals surface area contributed by atoms with Crippen molar-refractivity contribution < 1.29 is 14.3 Å². The van der Waals surface area contributed by atoms with Crippen LogP contribution in [-0.4, -0.2) is 79.4 Å². The van der Waals surface area contributed by atoms with Crippen molar-refractivity contribution in [3.05, 3.63) is 29.8 Å². The largest absolute Gasteiger partial charge is 0.497 e. The molecule has 0 bridgehead atoms. The molecule has 0 unspecified atom stereocenters. The van der Waals surface area contributed by atoms with Crippen LogP contribution in [0.5, 0.6) is 5.75 Å². The van der Waals surface area contributed by atoms with Crippen molar-refractivity contribution in [2.24, 2.45) is 0 Å². The molecule has 0 saturated carbocycles. The molecule has 0 aromatic heterocycles. The average molecular weight is 373 g/mol. The molecule has 148 valence electrons. The fourth-order valence-corrected chi connectivity index (χ4v) is 3.79. The number of ether oxygens (including phenoxy) is 1. The maximum atomic E-state index is 12.5. The van der Waals surface area contributed by atoms with E-state index in [2.05, 4.69) is 4.90 Å². The SMILES string of the molecule is COc1ccc(CCC(=O)N2CCN(CC(=O)N3CCCCC3)CC2)cc1. The van der Waals surface area contributed by atoms with Crippen LogP contribution in [-0.2, 0) is 16.0 Å². The fourth-order valence-electron chi connectivity index (χ4n) is 3.79. The van der Waals surface area contributed by atoms with Crippen LogP contribution in [0.1, 0.15) is 31.2 Å². The lowest BCUT2D eigenvalue weighted by atomic mass is 10.1. The summed E-state index contributed by atoms with van der Waals surface area (Å²) in [6.45, 7) is 5.31. The van der Waals surface area contributed by atoms with Crippen molar-refractivity contribution in [1.82, 2.24) is 14.7 Å². The Balaban J connectivity index is 1.37. The summed E-state index contributed by atoms with van der Waals surface area (Å²) in [6.07, 6.45) is 4.76.